The van der Waals surface area contributed by atoms with Crippen molar-refractivity contribution in [3.05, 3.63) is 23.8 Å². The third-order valence-electron chi connectivity index (χ3n) is 3.90. The van der Waals surface area contributed by atoms with Crippen molar-refractivity contribution < 1.29 is 9.47 Å². The highest BCUT2D eigenvalue weighted by molar-refractivity contribution is 5.40. The number of rotatable bonds is 8. The summed E-state index contributed by atoms with van der Waals surface area (Å²) in [6.07, 6.45) is 1.10. The van der Waals surface area contributed by atoms with E-state index in [0.717, 1.165) is 30.0 Å². The van der Waals surface area contributed by atoms with Crippen LogP contribution in [0, 0.1) is 0 Å². The van der Waals surface area contributed by atoms with Gasteiger partial charge in [-0.1, -0.05) is 13.8 Å². The molecule has 2 atom stereocenters. The van der Waals surface area contributed by atoms with Gasteiger partial charge in [0.1, 0.15) is 11.5 Å². The quantitative estimate of drug-likeness (QED) is 0.795. The van der Waals surface area contributed by atoms with Gasteiger partial charge >= 0.3 is 0 Å². The molecule has 114 valence electrons. The summed E-state index contributed by atoms with van der Waals surface area (Å²) in [5.74, 6) is 1.61. The van der Waals surface area contributed by atoms with E-state index in [4.69, 9.17) is 15.2 Å². The van der Waals surface area contributed by atoms with Gasteiger partial charge in [-0.2, -0.15) is 0 Å². The monoisotopic (exact) mass is 280 g/mol. The van der Waals surface area contributed by atoms with E-state index in [1.54, 1.807) is 14.2 Å². The molecule has 0 aliphatic carbocycles. The van der Waals surface area contributed by atoms with Crippen LogP contribution in [0.5, 0.6) is 11.5 Å². The van der Waals surface area contributed by atoms with Gasteiger partial charge in [0.25, 0.3) is 0 Å². The number of methoxy groups -OCH3 is 2. The third kappa shape index (κ3) is 3.87. The number of nitrogens with zero attached hydrogens (tertiary/aromatic N) is 1. The highest BCUT2D eigenvalue weighted by Crippen LogP contribution is 2.30. The molecule has 0 saturated carbocycles. The van der Waals surface area contributed by atoms with E-state index in [2.05, 4.69) is 25.7 Å². The van der Waals surface area contributed by atoms with Crippen molar-refractivity contribution in [2.45, 2.75) is 39.3 Å². The second kappa shape index (κ2) is 8.12. The van der Waals surface area contributed by atoms with Crippen LogP contribution in [-0.2, 0) is 0 Å². The molecule has 2 N–H and O–H groups in total. The van der Waals surface area contributed by atoms with Crippen molar-refractivity contribution in [1.29, 1.82) is 0 Å². The first kappa shape index (κ1) is 16.8. The van der Waals surface area contributed by atoms with Crippen molar-refractivity contribution in [2.24, 2.45) is 5.73 Å². The largest absolute Gasteiger partial charge is 0.497 e. The van der Waals surface area contributed by atoms with Crippen LogP contribution in [-0.4, -0.2) is 38.3 Å². The molecule has 0 fully saturated rings. The Morgan fingerprint density at radius 3 is 2.00 bits per heavy atom. The standard InChI is InChI=1S/C16H28N2O2/c1-6-12(3)18(7-2)16(11-17)13-8-14(19-4)10-15(9-13)20-5/h8-10,12,16H,6-7,11,17H2,1-5H3. The Labute approximate surface area is 122 Å². The molecule has 0 aliphatic rings. The Kier molecular flexibility index (Phi) is 6.82. The first-order valence-electron chi connectivity index (χ1n) is 7.29. The third-order valence-corrected chi connectivity index (χ3v) is 3.90. The second-order valence-electron chi connectivity index (χ2n) is 4.99. The van der Waals surface area contributed by atoms with Gasteiger partial charge < -0.3 is 15.2 Å². The Bertz CT molecular complexity index is 387. The summed E-state index contributed by atoms with van der Waals surface area (Å²) >= 11 is 0. The van der Waals surface area contributed by atoms with Gasteiger partial charge in [-0.15, -0.1) is 0 Å². The number of nitrogens with two attached hydrogens (primary N) is 1. The Morgan fingerprint density at radius 2 is 1.65 bits per heavy atom. The van der Waals surface area contributed by atoms with Gasteiger partial charge in [0.05, 0.1) is 14.2 Å². The molecule has 20 heavy (non-hydrogen) atoms. The van der Waals surface area contributed by atoms with Gasteiger partial charge in [-0.05, 0) is 37.6 Å². The molecule has 4 heteroatoms. The van der Waals surface area contributed by atoms with Crippen LogP contribution >= 0.6 is 0 Å². The molecule has 0 aromatic heterocycles. The zero-order valence-corrected chi connectivity index (χ0v) is 13.3. The molecular formula is C16H28N2O2. The van der Waals surface area contributed by atoms with Gasteiger partial charge in [0.2, 0.25) is 0 Å². The van der Waals surface area contributed by atoms with Crippen molar-refractivity contribution in [2.75, 3.05) is 27.3 Å². The van der Waals surface area contributed by atoms with Crippen LogP contribution in [0.3, 0.4) is 0 Å². The summed E-state index contributed by atoms with van der Waals surface area (Å²) in [7, 11) is 3.34. The van der Waals surface area contributed by atoms with Gasteiger partial charge in [-0.3, -0.25) is 4.90 Å². The SMILES string of the molecule is CCC(C)N(CC)C(CN)c1cc(OC)cc(OC)c1. The molecule has 0 aliphatic heterocycles. The minimum atomic E-state index is 0.180. The summed E-state index contributed by atoms with van der Waals surface area (Å²) in [4.78, 5) is 2.42. The Hall–Kier alpha value is -1.26. The lowest BCUT2D eigenvalue weighted by atomic mass is 10.0. The van der Waals surface area contributed by atoms with Crippen LogP contribution in [0.25, 0.3) is 0 Å². The van der Waals surface area contributed by atoms with Crippen LogP contribution < -0.4 is 15.2 Å². The average Bonchev–Trinajstić information content (AvgIpc) is 2.50. The highest BCUT2D eigenvalue weighted by Gasteiger charge is 2.22. The van der Waals surface area contributed by atoms with Gasteiger partial charge in [-0.25, -0.2) is 0 Å². The molecule has 1 rings (SSSR count). The molecule has 0 bridgehead atoms. The normalized spacial score (nSPS) is 14.2. The van der Waals surface area contributed by atoms with E-state index < -0.39 is 0 Å². The van der Waals surface area contributed by atoms with Crippen LogP contribution in [0.4, 0.5) is 0 Å². The molecule has 0 spiro atoms. The van der Waals surface area contributed by atoms with E-state index >= 15 is 0 Å². The van der Waals surface area contributed by atoms with Crippen LogP contribution in [0.2, 0.25) is 0 Å². The van der Waals surface area contributed by atoms with Crippen molar-refractivity contribution in [3.8, 4) is 11.5 Å². The summed E-state index contributed by atoms with van der Waals surface area (Å²) in [5.41, 5.74) is 7.18. The summed E-state index contributed by atoms with van der Waals surface area (Å²) in [5, 5.41) is 0. The number of hydrogen-bond donors (Lipinski definition) is 1. The lowest BCUT2D eigenvalue weighted by Gasteiger charge is -2.35. The topological polar surface area (TPSA) is 47.7 Å². The molecular weight excluding hydrogens is 252 g/mol. The fraction of sp³-hybridized carbons (Fsp3) is 0.625. The predicted octanol–water partition coefficient (Wildman–Crippen LogP) is 2.82. The molecule has 2 unspecified atom stereocenters. The number of benzene rings is 1. The van der Waals surface area contributed by atoms with Crippen LogP contribution in [0.1, 0.15) is 38.8 Å². The molecule has 0 amide bonds. The van der Waals surface area contributed by atoms with E-state index in [-0.39, 0.29) is 6.04 Å². The van der Waals surface area contributed by atoms with Crippen molar-refractivity contribution in [3.63, 3.8) is 0 Å². The zero-order chi connectivity index (χ0) is 15.1. The number of hydrogen-bond acceptors (Lipinski definition) is 4. The number of likely N-dealkylation sites (N-methyl/N-ethyl adjacent to an activating group) is 1. The van der Waals surface area contributed by atoms with E-state index in [9.17, 15) is 0 Å². The predicted molar refractivity (Wildman–Crippen MR) is 83.5 cm³/mol. The molecule has 1 aromatic rings. The minimum Gasteiger partial charge on any atom is -0.497 e. The van der Waals surface area contributed by atoms with Crippen molar-refractivity contribution in [1.82, 2.24) is 4.90 Å². The van der Waals surface area contributed by atoms with Gasteiger partial charge in [0.15, 0.2) is 0 Å². The van der Waals surface area contributed by atoms with Crippen LogP contribution in [0.15, 0.2) is 18.2 Å². The summed E-state index contributed by atoms with van der Waals surface area (Å²) in [6, 6.07) is 6.65. The Balaban J connectivity index is 3.15. The molecule has 0 heterocycles. The highest BCUT2D eigenvalue weighted by atomic mass is 16.5. The van der Waals surface area contributed by atoms with E-state index in [1.165, 1.54) is 0 Å². The fourth-order valence-corrected chi connectivity index (χ4v) is 2.56. The van der Waals surface area contributed by atoms with Crippen molar-refractivity contribution >= 4 is 0 Å². The Morgan fingerprint density at radius 1 is 1.10 bits per heavy atom. The number of ether oxygens (including phenoxy) is 2. The molecule has 0 radical (unpaired) electrons. The maximum atomic E-state index is 6.03. The lowest BCUT2D eigenvalue weighted by molar-refractivity contribution is 0.151. The molecule has 1 aromatic carbocycles. The zero-order valence-electron chi connectivity index (χ0n) is 13.3. The summed E-state index contributed by atoms with van der Waals surface area (Å²) in [6.45, 7) is 8.16. The fourth-order valence-electron chi connectivity index (χ4n) is 2.56. The first-order valence-corrected chi connectivity index (χ1v) is 7.29. The average molecular weight is 280 g/mol. The molecule has 0 saturated heterocycles. The van der Waals surface area contributed by atoms with E-state index in [1.807, 2.05) is 18.2 Å². The maximum Gasteiger partial charge on any atom is 0.122 e. The lowest BCUT2D eigenvalue weighted by Crippen LogP contribution is -2.39. The minimum absolute atomic E-state index is 0.180. The first-order chi connectivity index (χ1) is 9.60. The summed E-state index contributed by atoms with van der Waals surface area (Å²) < 4.78 is 10.7. The van der Waals surface area contributed by atoms with E-state index in [0.29, 0.717) is 12.6 Å². The van der Waals surface area contributed by atoms with Gasteiger partial charge in [0, 0.05) is 24.7 Å². The smallest absolute Gasteiger partial charge is 0.122 e. The maximum absolute atomic E-state index is 6.03. The second-order valence-corrected chi connectivity index (χ2v) is 4.99. The molecule has 4 nitrogen and oxygen atoms in total.